The molecule has 0 spiro atoms. The Hall–Kier alpha value is -2.89. The van der Waals surface area contributed by atoms with Crippen molar-refractivity contribution in [2.75, 3.05) is 13.2 Å². The number of hydrogen-bond donors (Lipinski definition) is 0. The summed E-state index contributed by atoms with van der Waals surface area (Å²) in [6.07, 6.45) is 69.3. The second-order valence-electron chi connectivity index (χ2n) is 19.2. The van der Waals surface area contributed by atoms with Gasteiger partial charge in [0.25, 0.3) is 0 Å². The molecule has 0 N–H and O–H groups in total. The van der Waals surface area contributed by atoms with E-state index in [0.29, 0.717) is 19.3 Å². The first-order valence-corrected chi connectivity index (χ1v) is 28.8. The first-order valence-electron chi connectivity index (χ1n) is 28.8. The normalized spacial score (nSPS) is 12.5. The standard InChI is InChI=1S/C61H108O6/c1-4-7-10-13-16-19-22-25-27-29-30-32-33-36-39-42-45-48-51-54-60(63)66-57-58(56-65-59(62)53-50-47-44-41-38-35-24-21-18-15-12-9-6-3)67-61(64)55-52-49-46-43-40-37-34-31-28-26-23-20-17-14-11-8-5-2/h16,19,22,25-26,28,34,37,43,46,58H,4-15,17-18,20-21,23-24,27,29-33,35-36,38-42,44-45,47-57H2,1-3H3/b19-16-,25-22-,28-26-,37-34-,46-43-. The highest BCUT2D eigenvalue weighted by Crippen LogP contribution is 2.16. The highest BCUT2D eigenvalue weighted by atomic mass is 16.6. The number of rotatable bonds is 52. The van der Waals surface area contributed by atoms with E-state index in [1.807, 2.05) is 0 Å². The minimum Gasteiger partial charge on any atom is -0.462 e. The van der Waals surface area contributed by atoms with Crippen LogP contribution in [0.3, 0.4) is 0 Å². The van der Waals surface area contributed by atoms with Crippen LogP contribution in [0.5, 0.6) is 0 Å². The number of unbranched alkanes of at least 4 members (excludes halogenated alkanes) is 32. The quantitative estimate of drug-likeness (QED) is 0.0199. The number of allylic oxidation sites excluding steroid dienone is 10. The maximum absolute atomic E-state index is 12.8. The molecule has 0 heterocycles. The van der Waals surface area contributed by atoms with Gasteiger partial charge in [-0.2, -0.15) is 0 Å². The summed E-state index contributed by atoms with van der Waals surface area (Å²) in [6, 6.07) is 0. The van der Waals surface area contributed by atoms with Gasteiger partial charge in [0.15, 0.2) is 6.10 Å². The second-order valence-corrected chi connectivity index (χ2v) is 19.2. The lowest BCUT2D eigenvalue weighted by atomic mass is 10.0. The molecule has 0 aliphatic rings. The van der Waals surface area contributed by atoms with E-state index in [0.717, 1.165) is 57.8 Å². The molecule has 6 nitrogen and oxygen atoms in total. The van der Waals surface area contributed by atoms with Crippen LogP contribution >= 0.6 is 0 Å². The molecule has 0 saturated carbocycles. The molecule has 388 valence electrons. The third kappa shape index (κ3) is 53.9. The molecule has 1 atom stereocenters. The lowest BCUT2D eigenvalue weighted by Gasteiger charge is -2.18. The van der Waals surface area contributed by atoms with Crippen molar-refractivity contribution in [1.82, 2.24) is 0 Å². The van der Waals surface area contributed by atoms with E-state index >= 15 is 0 Å². The second kappa shape index (κ2) is 55.7. The molecule has 0 aromatic heterocycles. The average Bonchev–Trinajstić information content (AvgIpc) is 3.33. The van der Waals surface area contributed by atoms with E-state index in [4.69, 9.17) is 14.2 Å². The summed E-state index contributed by atoms with van der Waals surface area (Å²) in [5.74, 6) is -0.938. The highest BCUT2D eigenvalue weighted by molar-refractivity contribution is 5.71. The molecule has 67 heavy (non-hydrogen) atoms. The van der Waals surface area contributed by atoms with Crippen LogP contribution < -0.4 is 0 Å². The molecule has 0 amide bonds. The summed E-state index contributed by atoms with van der Waals surface area (Å²) in [4.78, 5) is 38.1. The van der Waals surface area contributed by atoms with Gasteiger partial charge < -0.3 is 14.2 Å². The van der Waals surface area contributed by atoms with Crippen LogP contribution in [0.1, 0.15) is 290 Å². The SMILES string of the molecule is CCCCC/C=C\C=C/CCCCCCCCCCCCC(=O)OCC(COC(=O)CCCCCCCCCCCCCCC)OC(=O)CCC/C=C\C/C=C\C/C=C\CCCCCCCC. The molecular formula is C61H108O6. The summed E-state index contributed by atoms with van der Waals surface area (Å²) >= 11 is 0. The van der Waals surface area contributed by atoms with E-state index in [2.05, 4.69) is 81.5 Å². The summed E-state index contributed by atoms with van der Waals surface area (Å²) in [5.41, 5.74) is 0. The third-order valence-corrected chi connectivity index (χ3v) is 12.5. The Morgan fingerprint density at radius 2 is 0.597 bits per heavy atom. The van der Waals surface area contributed by atoms with Gasteiger partial charge in [-0.1, -0.05) is 255 Å². The summed E-state index contributed by atoms with van der Waals surface area (Å²) in [5, 5.41) is 0. The van der Waals surface area contributed by atoms with Crippen LogP contribution in [-0.2, 0) is 28.6 Å². The van der Waals surface area contributed by atoms with Crippen molar-refractivity contribution in [2.45, 2.75) is 297 Å². The zero-order valence-corrected chi connectivity index (χ0v) is 44.4. The van der Waals surface area contributed by atoms with Crippen LogP contribution in [0, 0.1) is 0 Å². The lowest BCUT2D eigenvalue weighted by molar-refractivity contribution is -0.167. The Balaban J connectivity index is 4.42. The van der Waals surface area contributed by atoms with Crippen molar-refractivity contribution in [3.63, 3.8) is 0 Å². The van der Waals surface area contributed by atoms with Crippen molar-refractivity contribution in [3.8, 4) is 0 Å². The Morgan fingerprint density at radius 3 is 1.00 bits per heavy atom. The number of ether oxygens (including phenoxy) is 3. The van der Waals surface area contributed by atoms with Gasteiger partial charge in [0.2, 0.25) is 0 Å². The van der Waals surface area contributed by atoms with Gasteiger partial charge in [0, 0.05) is 19.3 Å². The van der Waals surface area contributed by atoms with E-state index in [1.165, 1.54) is 186 Å². The summed E-state index contributed by atoms with van der Waals surface area (Å²) in [7, 11) is 0. The van der Waals surface area contributed by atoms with Crippen molar-refractivity contribution in [1.29, 1.82) is 0 Å². The van der Waals surface area contributed by atoms with Gasteiger partial charge in [-0.25, -0.2) is 0 Å². The number of hydrogen-bond acceptors (Lipinski definition) is 6. The van der Waals surface area contributed by atoms with Gasteiger partial charge in [0.1, 0.15) is 13.2 Å². The van der Waals surface area contributed by atoms with Gasteiger partial charge in [-0.15, -0.1) is 0 Å². The Bertz CT molecular complexity index is 1210. The Kier molecular flexibility index (Phi) is 53.3. The van der Waals surface area contributed by atoms with Crippen LogP contribution in [0.4, 0.5) is 0 Å². The number of carbonyl (C=O) groups excluding carboxylic acids is 3. The smallest absolute Gasteiger partial charge is 0.306 e. The van der Waals surface area contributed by atoms with Crippen molar-refractivity contribution >= 4 is 17.9 Å². The van der Waals surface area contributed by atoms with Gasteiger partial charge in [0.05, 0.1) is 0 Å². The maximum atomic E-state index is 12.8. The molecule has 0 rings (SSSR count). The minimum atomic E-state index is -0.800. The van der Waals surface area contributed by atoms with Crippen LogP contribution in [0.25, 0.3) is 0 Å². The molecule has 0 radical (unpaired) electrons. The molecule has 0 aromatic rings. The number of carbonyl (C=O) groups is 3. The molecule has 0 aliphatic heterocycles. The summed E-state index contributed by atoms with van der Waals surface area (Å²) in [6.45, 7) is 6.58. The average molecular weight is 938 g/mol. The zero-order chi connectivity index (χ0) is 48.6. The molecule has 0 fully saturated rings. The molecule has 6 heteroatoms. The molecule has 0 bridgehead atoms. The number of esters is 3. The first kappa shape index (κ1) is 64.1. The van der Waals surface area contributed by atoms with Crippen molar-refractivity contribution in [2.24, 2.45) is 0 Å². The third-order valence-electron chi connectivity index (χ3n) is 12.5. The van der Waals surface area contributed by atoms with Gasteiger partial charge >= 0.3 is 17.9 Å². The predicted octanol–water partition coefficient (Wildman–Crippen LogP) is 19.2. The van der Waals surface area contributed by atoms with Crippen LogP contribution in [0.2, 0.25) is 0 Å². The first-order chi connectivity index (χ1) is 33.0. The maximum Gasteiger partial charge on any atom is 0.306 e. The fourth-order valence-electron chi connectivity index (χ4n) is 8.16. The Morgan fingerprint density at radius 1 is 0.313 bits per heavy atom. The van der Waals surface area contributed by atoms with E-state index in [9.17, 15) is 14.4 Å². The Labute approximate surface area is 415 Å². The molecular weight excluding hydrogens is 829 g/mol. The van der Waals surface area contributed by atoms with Crippen molar-refractivity contribution < 1.29 is 28.6 Å². The molecule has 1 unspecified atom stereocenters. The van der Waals surface area contributed by atoms with Crippen LogP contribution in [-0.4, -0.2) is 37.2 Å². The zero-order valence-electron chi connectivity index (χ0n) is 44.4. The lowest BCUT2D eigenvalue weighted by Crippen LogP contribution is -2.30. The van der Waals surface area contributed by atoms with Crippen molar-refractivity contribution in [3.05, 3.63) is 60.8 Å². The van der Waals surface area contributed by atoms with E-state index in [1.54, 1.807) is 0 Å². The largest absolute Gasteiger partial charge is 0.462 e. The topological polar surface area (TPSA) is 78.9 Å². The molecule has 0 saturated heterocycles. The van der Waals surface area contributed by atoms with Gasteiger partial charge in [-0.05, 0) is 77.0 Å². The van der Waals surface area contributed by atoms with E-state index in [-0.39, 0.29) is 37.5 Å². The predicted molar refractivity (Wildman–Crippen MR) is 288 cm³/mol. The fourth-order valence-corrected chi connectivity index (χ4v) is 8.16. The van der Waals surface area contributed by atoms with Gasteiger partial charge in [-0.3, -0.25) is 14.4 Å². The van der Waals surface area contributed by atoms with E-state index < -0.39 is 6.10 Å². The summed E-state index contributed by atoms with van der Waals surface area (Å²) < 4.78 is 16.8. The highest BCUT2D eigenvalue weighted by Gasteiger charge is 2.19. The molecule has 0 aromatic carbocycles. The fraction of sp³-hybridized carbons (Fsp3) is 0.787. The minimum absolute atomic E-state index is 0.0926. The molecule has 0 aliphatic carbocycles. The monoisotopic (exact) mass is 937 g/mol. The van der Waals surface area contributed by atoms with Crippen LogP contribution in [0.15, 0.2) is 60.8 Å².